The molecule has 5 heteroatoms. The molecule has 7 heavy (non-hydrogen) atoms. The van der Waals surface area contributed by atoms with Gasteiger partial charge in [0.05, 0.1) is 0 Å². The quantitative estimate of drug-likeness (QED) is 0.317. The molecular formula is C2H4O4Si. The maximum atomic E-state index is 4.22. The van der Waals surface area contributed by atoms with Crippen LogP contribution in [-0.4, -0.2) is 24.2 Å². The summed E-state index contributed by atoms with van der Waals surface area (Å²) in [7, 11) is 0. The van der Waals surface area contributed by atoms with Crippen LogP contribution in [0.4, 0.5) is 0 Å². The smallest absolute Gasteiger partial charge is 0.112 e. The lowest BCUT2D eigenvalue weighted by molar-refractivity contribution is -0.663. The van der Waals surface area contributed by atoms with Crippen LogP contribution in [0.15, 0.2) is 0 Å². The van der Waals surface area contributed by atoms with Crippen molar-refractivity contribution in [2.45, 2.75) is 0 Å². The topological polar surface area (TPSA) is 36.9 Å². The number of hydrogen-bond acceptors (Lipinski definition) is 4. The van der Waals surface area contributed by atoms with Gasteiger partial charge in [0.15, 0.2) is 0 Å². The Morgan fingerprint density at radius 1 is 0.857 bits per heavy atom. The van der Waals surface area contributed by atoms with Crippen molar-refractivity contribution in [3.8, 4) is 0 Å². The summed E-state index contributed by atoms with van der Waals surface area (Å²) in [6.07, 6.45) is 0. The molecule has 1 fully saturated rings. The van der Waals surface area contributed by atoms with Crippen molar-refractivity contribution in [1.82, 2.24) is 0 Å². The molecule has 0 N–H and O–H groups in total. The van der Waals surface area contributed by atoms with E-state index in [-0.39, 0.29) is 11.0 Å². The fourth-order valence-electron chi connectivity index (χ4n) is 0.175. The highest BCUT2D eigenvalue weighted by Crippen LogP contribution is 1.89. The lowest BCUT2D eigenvalue weighted by Gasteiger charge is -2.05. The molecule has 4 radical (unpaired) electrons. The molecule has 0 bridgehead atoms. The Bertz CT molecular complexity index is 25.2. The van der Waals surface area contributed by atoms with Crippen molar-refractivity contribution in [1.29, 1.82) is 0 Å². The zero-order valence-corrected chi connectivity index (χ0v) is 4.55. The predicted molar refractivity (Wildman–Crippen MR) is 19.8 cm³/mol. The molecule has 0 aromatic carbocycles. The van der Waals surface area contributed by atoms with Gasteiger partial charge in [0.25, 0.3) is 0 Å². The third-order valence-electron chi connectivity index (χ3n) is 0.374. The van der Waals surface area contributed by atoms with Gasteiger partial charge >= 0.3 is 0 Å². The van der Waals surface area contributed by atoms with Crippen LogP contribution in [-0.2, 0) is 19.9 Å². The van der Waals surface area contributed by atoms with Gasteiger partial charge < -0.3 is 0 Å². The molecule has 0 aromatic heterocycles. The summed E-state index contributed by atoms with van der Waals surface area (Å²) < 4.78 is 0. The van der Waals surface area contributed by atoms with Crippen LogP contribution < -0.4 is 0 Å². The van der Waals surface area contributed by atoms with Crippen LogP contribution in [0.1, 0.15) is 0 Å². The maximum absolute atomic E-state index is 4.22. The van der Waals surface area contributed by atoms with E-state index in [1.165, 1.54) is 0 Å². The van der Waals surface area contributed by atoms with Gasteiger partial charge in [-0.15, -0.1) is 0 Å². The van der Waals surface area contributed by atoms with Crippen molar-refractivity contribution in [3.63, 3.8) is 0 Å². The van der Waals surface area contributed by atoms with Crippen LogP contribution in [0, 0.1) is 0 Å². The largest absolute Gasteiger partial charge is 0.201 e. The van der Waals surface area contributed by atoms with Crippen molar-refractivity contribution in [3.05, 3.63) is 0 Å². The van der Waals surface area contributed by atoms with Gasteiger partial charge in [-0.2, -0.15) is 0 Å². The van der Waals surface area contributed by atoms with Crippen molar-refractivity contribution >= 4 is 11.0 Å². The lowest BCUT2D eigenvalue weighted by Crippen LogP contribution is -2.12. The van der Waals surface area contributed by atoms with Crippen molar-refractivity contribution in [2.75, 3.05) is 13.2 Å². The van der Waals surface area contributed by atoms with E-state index < -0.39 is 0 Å². The Morgan fingerprint density at radius 2 is 1.29 bits per heavy atom. The fraction of sp³-hybridized carbons (Fsp3) is 1.00. The van der Waals surface area contributed by atoms with E-state index in [0.29, 0.717) is 13.2 Å². The minimum absolute atomic E-state index is 0. The average Bonchev–Trinajstić information content (AvgIpc) is 1.72. The zero-order chi connectivity index (χ0) is 4.24. The second kappa shape index (κ2) is 4.22. The SMILES string of the molecule is C1COOOO1.[Si]. The summed E-state index contributed by atoms with van der Waals surface area (Å²) in [6.45, 7) is 0.861. The molecule has 0 saturated carbocycles. The Balaban J connectivity index is 0.000000360. The maximum Gasteiger partial charge on any atom is 0.112 e. The second-order valence-electron chi connectivity index (χ2n) is 0.780. The zero-order valence-electron chi connectivity index (χ0n) is 3.55. The van der Waals surface area contributed by atoms with Crippen LogP contribution in [0.3, 0.4) is 0 Å². The predicted octanol–water partition coefficient (Wildman–Crippen LogP) is -0.569. The molecule has 0 atom stereocenters. The minimum Gasteiger partial charge on any atom is -0.201 e. The summed E-state index contributed by atoms with van der Waals surface area (Å²) in [5.41, 5.74) is 0. The first kappa shape index (κ1) is 7.06. The summed E-state index contributed by atoms with van der Waals surface area (Å²) in [5.74, 6) is 0. The molecule has 0 aliphatic carbocycles. The van der Waals surface area contributed by atoms with E-state index in [2.05, 4.69) is 19.9 Å². The molecule has 1 aliphatic heterocycles. The third-order valence-corrected chi connectivity index (χ3v) is 0.374. The molecule has 1 heterocycles. The summed E-state index contributed by atoms with van der Waals surface area (Å²) in [6, 6.07) is 0. The number of rotatable bonds is 0. The Labute approximate surface area is 45.1 Å². The second-order valence-corrected chi connectivity index (χ2v) is 0.780. The van der Waals surface area contributed by atoms with Gasteiger partial charge in [0.1, 0.15) is 13.2 Å². The molecule has 4 nitrogen and oxygen atoms in total. The third kappa shape index (κ3) is 2.72. The van der Waals surface area contributed by atoms with Gasteiger partial charge in [0, 0.05) is 11.0 Å². The highest BCUT2D eigenvalue weighted by atomic mass is 28.1. The summed E-state index contributed by atoms with van der Waals surface area (Å²) in [5, 5.41) is 7.69. The van der Waals surface area contributed by atoms with Gasteiger partial charge in [-0.25, -0.2) is 9.78 Å². The molecule has 0 unspecified atom stereocenters. The summed E-state index contributed by atoms with van der Waals surface area (Å²) in [4.78, 5) is 8.44. The van der Waals surface area contributed by atoms with Crippen LogP contribution in [0.2, 0.25) is 0 Å². The van der Waals surface area contributed by atoms with Crippen molar-refractivity contribution in [2.24, 2.45) is 0 Å². The molecule has 1 rings (SSSR count). The molecule has 0 aromatic rings. The van der Waals surface area contributed by atoms with E-state index in [1.807, 2.05) is 0 Å². The molecule has 1 saturated heterocycles. The van der Waals surface area contributed by atoms with E-state index >= 15 is 0 Å². The van der Waals surface area contributed by atoms with Gasteiger partial charge in [-0.05, 0) is 10.1 Å². The van der Waals surface area contributed by atoms with Crippen LogP contribution in [0.25, 0.3) is 0 Å². The van der Waals surface area contributed by atoms with Crippen LogP contribution >= 0.6 is 0 Å². The Kier molecular flexibility index (Phi) is 4.26. The first-order valence-corrected chi connectivity index (χ1v) is 1.58. The Hall–Kier alpha value is 0.0569. The highest BCUT2D eigenvalue weighted by molar-refractivity contribution is 5.75. The molecule has 0 amide bonds. The molecule has 40 valence electrons. The average molecular weight is 120 g/mol. The van der Waals surface area contributed by atoms with Crippen LogP contribution in [0.5, 0.6) is 0 Å². The molecule has 0 spiro atoms. The first-order valence-electron chi connectivity index (χ1n) is 1.58. The van der Waals surface area contributed by atoms with Gasteiger partial charge in [-0.1, -0.05) is 0 Å². The standard InChI is InChI=1S/C2H4O4.Si/c1-2-4-6-5-3-1;/h1-2H2;. The fourth-order valence-corrected chi connectivity index (χ4v) is 0.175. The number of hydrogen-bond donors (Lipinski definition) is 0. The minimum atomic E-state index is 0. The normalized spacial score (nSPS) is 20.6. The Morgan fingerprint density at radius 3 is 1.43 bits per heavy atom. The monoisotopic (exact) mass is 120 g/mol. The lowest BCUT2D eigenvalue weighted by atomic mass is 10.8. The van der Waals surface area contributed by atoms with E-state index in [1.54, 1.807) is 0 Å². The van der Waals surface area contributed by atoms with E-state index in [4.69, 9.17) is 0 Å². The van der Waals surface area contributed by atoms with Gasteiger partial charge in [0.2, 0.25) is 0 Å². The van der Waals surface area contributed by atoms with E-state index in [9.17, 15) is 0 Å². The van der Waals surface area contributed by atoms with Gasteiger partial charge in [-0.3, -0.25) is 0 Å². The summed E-state index contributed by atoms with van der Waals surface area (Å²) >= 11 is 0. The first-order chi connectivity index (χ1) is 3.00. The van der Waals surface area contributed by atoms with E-state index in [0.717, 1.165) is 0 Å². The molecule has 1 aliphatic rings. The molecular weight excluding hydrogens is 116 g/mol. The van der Waals surface area contributed by atoms with Crippen molar-refractivity contribution < 1.29 is 19.9 Å². The highest BCUT2D eigenvalue weighted by Gasteiger charge is 1.97.